The molecule has 0 spiro atoms. The second-order valence-electron chi connectivity index (χ2n) is 6.79. The van der Waals surface area contributed by atoms with Gasteiger partial charge in [-0.2, -0.15) is 15.6 Å². The van der Waals surface area contributed by atoms with Crippen LogP contribution >= 0.6 is 0 Å². The van der Waals surface area contributed by atoms with E-state index in [4.69, 9.17) is 20.5 Å². The molecular weight excluding hydrogens is 408 g/mol. The third-order valence-corrected chi connectivity index (χ3v) is 4.67. The average molecular weight is 430 g/mol. The van der Waals surface area contributed by atoms with Crippen LogP contribution in [-0.4, -0.2) is 35.9 Å². The lowest BCUT2D eigenvalue weighted by Gasteiger charge is -2.11. The summed E-state index contributed by atoms with van der Waals surface area (Å²) in [6, 6.07) is 18.2. The maximum absolute atomic E-state index is 12.1. The Kier molecular flexibility index (Phi) is 7.29. The number of nitrogen functional groups attached to an aromatic ring is 1. The van der Waals surface area contributed by atoms with Crippen molar-refractivity contribution in [1.82, 2.24) is 15.1 Å². The van der Waals surface area contributed by atoms with E-state index in [2.05, 4.69) is 16.5 Å². The molecule has 1 amide bonds. The topological polar surface area (TPSA) is 139 Å². The van der Waals surface area contributed by atoms with Crippen LogP contribution in [0.2, 0.25) is 0 Å². The van der Waals surface area contributed by atoms with E-state index in [0.29, 0.717) is 53.5 Å². The van der Waals surface area contributed by atoms with Crippen LogP contribution in [0.5, 0.6) is 11.5 Å². The maximum atomic E-state index is 12.1. The zero-order chi connectivity index (χ0) is 22.9. The van der Waals surface area contributed by atoms with Crippen molar-refractivity contribution in [2.75, 3.05) is 26.0 Å². The van der Waals surface area contributed by atoms with Crippen LogP contribution in [-0.2, 0) is 11.2 Å². The van der Waals surface area contributed by atoms with Crippen LogP contribution in [0.1, 0.15) is 23.2 Å². The first-order chi connectivity index (χ1) is 15.6. The van der Waals surface area contributed by atoms with Gasteiger partial charge in [-0.3, -0.25) is 4.79 Å². The molecule has 1 heterocycles. The number of aromatic nitrogens is 2. The van der Waals surface area contributed by atoms with E-state index in [9.17, 15) is 10.1 Å². The number of nitriles is 2. The van der Waals surface area contributed by atoms with Crippen molar-refractivity contribution in [2.24, 2.45) is 0 Å². The molecule has 162 valence electrons. The summed E-state index contributed by atoms with van der Waals surface area (Å²) in [6.45, 7) is 0.191. The highest BCUT2D eigenvalue weighted by Crippen LogP contribution is 2.27. The fourth-order valence-corrected chi connectivity index (χ4v) is 3.08. The third kappa shape index (κ3) is 5.15. The van der Waals surface area contributed by atoms with Gasteiger partial charge in [-0.15, -0.1) is 0 Å². The second kappa shape index (κ2) is 10.5. The van der Waals surface area contributed by atoms with Crippen LogP contribution in [0.4, 0.5) is 5.82 Å². The Balaban J connectivity index is 1.51. The summed E-state index contributed by atoms with van der Waals surface area (Å²) < 4.78 is 12.2. The maximum Gasteiger partial charge on any atom is 0.257 e. The van der Waals surface area contributed by atoms with Gasteiger partial charge in [0.15, 0.2) is 18.1 Å². The zero-order valence-corrected chi connectivity index (χ0v) is 17.5. The SMILES string of the molecule is COc1cc(C#N)ccc1OCC(=O)NCCCc1nn(-c2ccccc2)c(N)c1C#N. The molecule has 0 radical (unpaired) electrons. The number of nitrogens with one attached hydrogen (secondary N) is 1. The number of nitrogens with two attached hydrogens (primary N) is 1. The summed E-state index contributed by atoms with van der Waals surface area (Å²) >= 11 is 0. The molecule has 1 aromatic heterocycles. The number of benzene rings is 2. The number of carbonyl (C=O) groups is 1. The van der Waals surface area contributed by atoms with E-state index >= 15 is 0 Å². The van der Waals surface area contributed by atoms with Crippen molar-refractivity contribution in [3.8, 4) is 29.3 Å². The monoisotopic (exact) mass is 430 g/mol. The summed E-state index contributed by atoms with van der Waals surface area (Å²) in [5, 5.41) is 25.6. The molecule has 0 unspecified atom stereocenters. The predicted molar refractivity (Wildman–Crippen MR) is 117 cm³/mol. The Hall–Kier alpha value is -4.50. The van der Waals surface area contributed by atoms with E-state index in [1.165, 1.54) is 7.11 Å². The Morgan fingerprint density at radius 2 is 1.94 bits per heavy atom. The minimum absolute atomic E-state index is 0.193. The fraction of sp³-hybridized carbons (Fsp3) is 0.217. The van der Waals surface area contributed by atoms with Crippen LogP contribution in [0.15, 0.2) is 48.5 Å². The molecule has 0 saturated heterocycles. The molecule has 0 aliphatic carbocycles. The Bertz CT molecular complexity index is 1170. The summed E-state index contributed by atoms with van der Waals surface area (Å²) in [7, 11) is 1.46. The molecule has 2 aromatic carbocycles. The lowest BCUT2D eigenvalue weighted by molar-refractivity contribution is -0.123. The highest BCUT2D eigenvalue weighted by atomic mass is 16.5. The summed E-state index contributed by atoms with van der Waals surface area (Å²) in [5.74, 6) is 0.753. The molecule has 0 atom stereocenters. The molecule has 0 saturated carbocycles. The lowest BCUT2D eigenvalue weighted by Crippen LogP contribution is -2.30. The number of methoxy groups -OCH3 is 1. The molecule has 3 rings (SSSR count). The van der Waals surface area contributed by atoms with Gasteiger partial charge in [0.25, 0.3) is 5.91 Å². The van der Waals surface area contributed by atoms with E-state index in [1.807, 2.05) is 36.4 Å². The van der Waals surface area contributed by atoms with Gasteiger partial charge < -0.3 is 20.5 Å². The second-order valence-corrected chi connectivity index (χ2v) is 6.79. The number of amides is 1. The van der Waals surface area contributed by atoms with Gasteiger partial charge in [-0.1, -0.05) is 18.2 Å². The molecular formula is C23H22N6O3. The lowest BCUT2D eigenvalue weighted by atomic mass is 10.1. The standard InChI is InChI=1S/C23H22N6O3/c1-31-21-12-16(13-24)9-10-20(21)32-15-22(30)27-11-5-8-19-18(14-25)23(26)29(28-19)17-6-3-2-4-7-17/h2-4,6-7,9-10,12H,5,8,11,15,26H2,1H3,(H,27,30). The van der Waals surface area contributed by atoms with E-state index < -0.39 is 0 Å². The number of ether oxygens (including phenoxy) is 2. The highest BCUT2D eigenvalue weighted by molar-refractivity contribution is 5.77. The van der Waals surface area contributed by atoms with Crippen LogP contribution < -0.4 is 20.5 Å². The van der Waals surface area contributed by atoms with E-state index in [-0.39, 0.29) is 12.5 Å². The molecule has 0 bridgehead atoms. The van der Waals surface area contributed by atoms with E-state index in [0.717, 1.165) is 5.69 Å². The van der Waals surface area contributed by atoms with Crippen LogP contribution in [0.3, 0.4) is 0 Å². The smallest absolute Gasteiger partial charge is 0.257 e. The van der Waals surface area contributed by atoms with Gasteiger partial charge in [0.05, 0.1) is 30.1 Å². The fourth-order valence-electron chi connectivity index (χ4n) is 3.08. The number of para-hydroxylation sites is 1. The predicted octanol–water partition coefficient (Wildman–Crippen LogP) is 2.33. The molecule has 0 aliphatic heterocycles. The number of carbonyl (C=O) groups excluding carboxylic acids is 1. The van der Waals surface area contributed by atoms with E-state index in [1.54, 1.807) is 22.9 Å². The van der Waals surface area contributed by atoms with Gasteiger partial charge in [-0.25, -0.2) is 4.68 Å². The average Bonchev–Trinajstić information content (AvgIpc) is 3.15. The number of hydrogen-bond acceptors (Lipinski definition) is 7. The van der Waals surface area contributed by atoms with Crippen molar-refractivity contribution in [2.45, 2.75) is 12.8 Å². The number of rotatable bonds is 9. The highest BCUT2D eigenvalue weighted by Gasteiger charge is 2.16. The minimum atomic E-state index is -0.300. The van der Waals surface area contributed by atoms with Gasteiger partial charge in [0.1, 0.15) is 17.5 Å². The largest absolute Gasteiger partial charge is 0.493 e. The van der Waals surface area contributed by atoms with Gasteiger partial charge in [0.2, 0.25) is 0 Å². The van der Waals surface area contributed by atoms with Crippen molar-refractivity contribution < 1.29 is 14.3 Å². The van der Waals surface area contributed by atoms with Crippen LogP contribution in [0, 0.1) is 22.7 Å². The molecule has 9 heteroatoms. The van der Waals surface area contributed by atoms with Crippen molar-refractivity contribution in [1.29, 1.82) is 10.5 Å². The number of hydrogen-bond donors (Lipinski definition) is 2. The normalized spacial score (nSPS) is 10.1. The van der Waals surface area contributed by atoms with Crippen LogP contribution in [0.25, 0.3) is 5.69 Å². The Morgan fingerprint density at radius 3 is 2.62 bits per heavy atom. The van der Waals surface area contributed by atoms with Crippen molar-refractivity contribution in [3.63, 3.8) is 0 Å². The molecule has 3 N–H and O–H groups in total. The number of anilines is 1. The minimum Gasteiger partial charge on any atom is -0.493 e. The third-order valence-electron chi connectivity index (χ3n) is 4.67. The Morgan fingerprint density at radius 1 is 1.16 bits per heavy atom. The number of nitrogens with zero attached hydrogens (tertiary/aromatic N) is 4. The van der Waals surface area contributed by atoms with Gasteiger partial charge >= 0.3 is 0 Å². The zero-order valence-electron chi connectivity index (χ0n) is 17.5. The first kappa shape index (κ1) is 22.2. The van der Waals surface area contributed by atoms with Gasteiger partial charge in [-0.05, 0) is 37.1 Å². The Labute approximate surface area is 185 Å². The summed E-state index contributed by atoms with van der Waals surface area (Å²) in [6.07, 6.45) is 1.06. The molecule has 9 nitrogen and oxygen atoms in total. The quantitative estimate of drug-likeness (QED) is 0.497. The number of aryl methyl sites for hydroxylation is 1. The summed E-state index contributed by atoms with van der Waals surface area (Å²) in [5.41, 5.74) is 8.24. The summed E-state index contributed by atoms with van der Waals surface area (Å²) in [4.78, 5) is 12.1. The van der Waals surface area contributed by atoms with Gasteiger partial charge in [0, 0.05) is 12.6 Å². The van der Waals surface area contributed by atoms with Crippen molar-refractivity contribution in [3.05, 3.63) is 65.4 Å². The first-order valence-corrected chi connectivity index (χ1v) is 9.88. The first-order valence-electron chi connectivity index (χ1n) is 9.88. The molecule has 32 heavy (non-hydrogen) atoms. The molecule has 3 aromatic rings. The molecule has 0 fully saturated rings. The van der Waals surface area contributed by atoms with Crippen molar-refractivity contribution >= 4 is 11.7 Å². The molecule has 0 aliphatic rings.